The van der Waals surface area contributed by atoms with Crippen LogP contribution in [0.5, 0.6) is 5.88 Å². The maximum atomic E-state index is 12.7. The molecule has 4 heterocycles. The number of ether oxygens (including phenoxy) is 1. The summed E-state index contributed by atoms with van der Waals surface area (Å²) in [6, 6.07) is 8.97. The highest BCUT2D eigenvalue weighted by Crippen LogP contribution is 2.27. The van der Waals surface area contributed by atoms with Gasteiger partial charge in [-0.1, -0.05) is 0 Å². The van der Waals surface area contributed by atoms with E-state index in [0.717, 1.165) is 11.1 Å². The molecule has 0 aliphatic rings. The van der Waals surface area contributed by atoms with Crippen molar-refractivity contribution in [2.45, 2.75) is 26.1 Å². The molecule has 30 heavy (non-hydrogen) atoms. The maximum Gasteiger partial charge on any atom is 0.266 e. The van der Waals surface area contributed by atoms with E-state index in [1.807, 2.05) is 18.2 Å². The van der Waals surface area contributed by atoms with Gasteiger partial charge in [-0.3, -0.25) is 14.8 Å². The highest BCUT2D eigenvalue weighted by molar-refractivity contribution is 5.86. The Morgan fingerprint density at radius 1 is 1.13 bits per heavy atom. The lowest BCUT2D eigenvalue weighted by Crippen LogP contribution is -2.18. The van der Waals surface area contributed by atoms with Crippen molar-refractivity contribution in [3.05, 3.63) is 76.9 Å². The van der Waals surface area contributed by atoms with Gasteiger partial charge in [-0.15, -0.1) is 0 Å². The number of aliphatic hydroxyl groups is 1. The minimum atomic E-state index is -1.04. The molecule has 0 aliphatic carbocycles. The Morgan fingerprint density at radius 3 is 2.57 bits per heavy atom. The monoisotopic (exact) mass is 403 g/mol. The van der Waals surface area contributed by atoms with Gasteiger partial charge in [0.15, 0.2) is 0 Å². The van der Waals surface area contributed by atoms with Crippen molar-refractivity contribution < 1.29 is 9.84 Å². The van der Waals surface area contributed by atoms with Crippen molar-refractivity contribution >= 4 is 10.9 Å². The van der Waals surface area contributed by atoms with Crippen molar-refractivity contribution in [3.63, 3.8) is 0 Å². The Bertz CT molecular complexity index is 1250. The van der Waals surface area contributed by atoms with Crippen molar-refractivity contribution in [2.75, 3.05) is 0 Å². The number of aromatic nitrogens is 5. The average molecular weight is 403 g/mol. The van der Waals surface area contributed by atoms with Gasteiger partial charge in [0.05, 0.1) is 23.2 Å². The second kappa shape index (κ2) is 7.64. The molecular formula is C22H21N5O3. The molecule has 0 atom stereocenters. The van der Waals surface area contributed by atoms with Crippen LogP contribution in [0.2, 0.25) is 0 Å². The molecule has 0 aromatic carbocycles. The van der Waals surface area contributed by atoms with E-state index in [4.69, 9.17) is 4.74 Å². The summed E-state index contributed by atoms with van der Waals surface area (Å²) < 4.78 is 7.32. The number of aryl methyl sites for hydroxylation is 1. The van der Waals surface area contributed by atoms with Crippen LogP contribution in [-0.2, 0) is 19.3 Å². The molecule has 4 aromatic rings. The third-order valence-corrected chi connectivity index (χ3v) is 4.68. The van der Waals surface area contributed by atoms with Crippen LogP contribution in [-0.4, -0.2) is 29.6 Å². The minimum Gasteiger partial charge on any atom is -0.472 e. The van der Waals surface area contributed by atoms with Gasteiger partial charge >= 0.3 is 0 Å². The smallest absolute Gasteiger partial charge is 0.266 e. The maximum absolute atomic E-state index is 12.7. The van der Waals surface area contributed by atoms with Crippen LogP contribution in [0, 0.1) is 0 Å². The predicted molar refractivity (Wildman–Crippen MR) is 112 cm³/mol. The van der Waals surface area contributed by atoms with Crippen LogP contribution in [0.15, 0.2) is 60.0 Å². The van der Waals surface area contributed by atoms with Gasteiger partial charge in [-0.05, 0) is 49.7 Å². The van der Waals surface area contributed by atoms with Crippen molar-refractivity contribution in [1.29, 1.82) is 0 Å². The first kappa shape index (κ1) is 19.7. The molecule has 0 unspecified atom stereocenters. The lowest BCUT2D eigenvalue weighted by atomic mass is 10.0. The Morgan fingerprint density at radius 2 is 1.90 bits per heavy atom. The summed E-state index contributed by atoms with van der Waals surface area (Å²) >= 11 is 0. The molecule has 8 heteroatoms. The molecule has 0 saturated heterocycles. The molecule has 0 amide bonds. The van der Waals surface area contributed by atoms with E-state index in [9.17, 15) is 9.90 Å². The molecule has 4 aromatic heterocycles. The molecule has 8 nitrogen and oxygen atoms in total. The van der Waals surface area contributed by atoms with Crippen LogP contribution in [0.1, 0.15) is 25.1 Å². The summed E-state index contributed by atoms with van der Waals surface area (Å²) in [4.78, 5) is 30.0. The molecule has 0 bridgehead atoms. The Labute approximate surface area is 172 Å². The normalized spacial score (nSPS) is 11.6. The van der Waals surface area contributed by atoms with Crippen LogP contribution in [0.4, 0.5) is 0 Å². The zero-order valence-electron chi connectivity index (χ0n) is 16.9. The molecule has 0 radical (unpaired) electrons. The summed E-state index contributed by atoms with van der Waals surface area (Å²) in [5.74, 6) is 0.208. The van der Waals surface area contributed by atoms with E-state index in [1.54, 1.807) is 51.6 Å². The van der Waals surface area contributed by atoms with E-state index in [0.29, 0.717) is 22.3 Å². The topological polar surface area (TPSA) is 103 Å². The number of nitrogens with zero attached hydrogens (tertiary/aromatic N) is 5. The second-order valence-corrected chi connectivity index (χ2v) is 7.50. The first-order valence-electron chi connectivity index (χ1n) is 9.40. The fourth-order valence-corrected chi connectivity index (χ4v) is 2.98. The van der Waals surface area contributed by atoms with Crippen LogP contribution < -0.4 is 10.3 Å². The molecule has 0 fully saturated rings. The van der Waals surface area contributed by atoms with Crippen molar-refractivity contribution in [3.8, 4) is 17.1 Å². The predicted octanol–water partition coefficient (Wildman–Crippen LogP) is 2.59. The summed E-state index contributed by atoms with van der Waals surface area (Å²) in [5.41, 5.74) is 1.96. The first-order chi connectivity index (χ1) is 14.3. The zero-order valence-corrected chi connectivity index (χ0v) is 16.9. The van der Waals surface area contributed by atoms with Crippen molar-refractivity contribution in [2.24, 2.45) is 7.05 Å². The largest absolute Gasteiger partial charge is 0.472 e. The fourth-order valence-electron chi connectivity index (χ4n) is 2.98. The van der Waals surface area contributed by atoms with Gasteiger partial charge in [0.2, 0.25) is 5.88 Å². The van der Waals surface area contributed by atoms with Crippen LogP contribution >= 0.6 is 0 Å². The van der Waals surface area contributed by atoms with E-state index >= 15 is 0 Å². The molecule has 1 N–H and O–H groups in total. The molecule has 0 spiro atoms. The summed E-state index contributed by atoms with van der Waals surface area (Å²) in [6.45, 7) is 3.59. The third kappa shape index (κ3) is 3.90. The Hall–Kier alpha value is -3.65. The highest BCUT2D eigenvalue weighted by atomic mass is 16.5. The molecular weight excluding hydrogens is 382 g/mol. The standard InChI is InChI=1S/C22H21N5O3/c1-22(2,29)18-5-4-15(11-24-18)16-10-17-19(21(28)27(3)13-25-17)20(26-16)30-12-14-6-8-23-9-7-14/h4-11,13,29H,12H2,1-3H3. The molecule has 0 aliphatic heterocycles. The Balaban J connectivity index is 1.80. The zero-order chi connectivity index (χ0) is 21.3. The fraction of sp³-hybridized carbons (Fsp3) is 0.227. The number of rotatable bonds is 5. The minimum absolute atomic E-state index is 0.208. The van der Waals surface area contributed by atoms with Crippen molar-refractivity contribution in [1.82, 2.24) is 24.5 Å². The first-order valence-corrected chi connectivity index (χ1v) is 9.40. The van der Waals surface area contributed by atoms with Gasteiger partial charge in [-0.2, -0.15) is 0 Å². The molecule has 0 saturated carbocycles. The third-order valence-electron chi connectivity index (χ3n) is 4.68. The van der Waals surface area contributed by atoms with Gasteiger partial charge in [0, 0.05) is 31.2 Å². The number of pyridine rings is 3. The lowest BCUT2D eigenvalue weighted by Gasteiger charge is -2.16. The number of hydrogen-bond acceptors (Lipinski definition) is 7. The molecule has 4 rings (SSSR count). The average Bonchev–Trinajstić information content (AvgIpc) is 2.74. The van der Waals surface area contributed by atoms with E-state index < -0.39 is 5.60 Å². The lowest BCUT2D eigenvalue weighted by molar-refractivity contribution is 0.0739. The van der Waals surface area contributed by atoms with Gasteiger partial charge < -0.3 is 14.4 Å². The van der Waals surface area contributed by atoms with Crippen LogP contribution in [0.3, 0.4) is 0 Å². The Kier molecular flexibility index (Phi) is 5.01. The van der Waals surface area contributed by atoms with E-state index in [-0.39, 0.29) is 18.0 Å². The van der Waals surface area contributed by atoms with Crippen LogP contribution in [0.25, 0.3) is 22.2 Å². The van der Waals surface area contributed by atoms with Gasteiger partial charge in [-0.25, -0.2) is 9.97 Å². The summed E-state index contributed by atoms with van der Waals surface area (Å²) in [7, 11) is 1.63. The second-order valence-electron chi connectivity index (χ2n) is 7.50. The van der Waals surface area contributed by atoms with Gasteiger partial charge in [0.1, 0.15) is 17.6 Å². The number of fused-ring (bicyclic) bond motifs is 1. The highest BCUT2D eigenvalue weighted by Gasteiger charge is 2.19. The summed E-state index contributed by atoms with van der Waals surface area (Å²) in [5, 5.41) is 10.4. The quantitative estimate of drug-likeness (QED) is 0.546. The van der Waals surface area contributed by atoms with Gasteiger partial charge in [0.25, 0.3) is 5.56 Å². The molecule has 152 valence electrons. The van der Waals surface area contributed by atoms with E-state index in [2.05, 4.69) is 19.9 Å². The number of hydrogen-bond donors (Lipinski definition) is 1. The SMILES string of the molecule is Cn1cnc2cc(-c3ccc(C(C)(C)O)nc3)nc(OCc3ccncc3)c2c1=O. The summed E-state index contributed by atoms with van der Waals surface area (Å²) in [6.07, 6.45) is 6.46. The van der Waals surface area contributed by atoms with E-state index in [1.165, 1.54) is 10.9 Å².